The molecular weight excluding hydrogens is 292 g/mol. The second kappa shape index (κ2) is 10.8. The molecule has 142 valence electrons. The second-order valence-corrected chi connectivity index (χ2v) is 9.31. The van der Waals surface area contributed by atoms with Crippen LogP contribution in [0.15, 0.2) is 0 Å². The molecule has 2 saturated carbocycles. The van der Waals surface area contributed by atoms with Gasteiger partial charge in [-0.1, -0.05) is 90.9 Å². The van der Waals surface area contributed by atoms with Gasteiger partial charge in [-0.3, -0.25) is 0 Å². The fourth-order valence-corrected chi connectivity index (χ4v) is 5.27. The summed E-state index contributed by atoms with van der Waals surface area (Å²) in [7, 11) is 0. The minimum Gasteiger partial charge on any atom is -0.392 e. The molecule has 2 fully saturated rings. The van der Waals surface area contributed by atoms with E-state index < -0.39 is 0 Å². The van der Waals surface area contributed by atoms with Gasteiger partial charge in [0.2, 0.25) is 0 Å². The van der Waals surface area contributed by atoms with Gasteiger partial charge in [0.25, 0.3) is 0 Å². The van der Waals surface area contributed by atoms with Crippen LogP contribution in [-0.2, 0) is 0 Å². The highest BCUT2D eigenvalue weighted by atomic mass is 16.3. The van der Waals surface area contributed by atoms with Gasteiger partial charge >= 0.3 is 0 Å². The van der Waals surface area contributed by atoms with Crippen LogP contribution in [0.4, 0.5) is 0 Å². The molecule has 2 aliphatic carbocycles. The zero-order valence-electron chi connectivity index (χ0n) is 16.7. The Bertz CT molecular complexity index is 310. The maximum absolute atomic E-state index is 11.2. The van der Waals surface area contributed by atoms with Crippen LogP contribution >= 0.6 is 0 Å². The summed E-state index contributed by atoms with van der Waals surface area (Å²) >= 11 is 0. The van der Waals surface area contributed by atoms with Crippen LogP contribution in [0.5, 0.6) is 0 Å². The van der Waals surface area contributed by atoms with Crippen molar-refractivity contribution in [3.05, 3.63) is 0 Å². The van der Waals surface area contributed by atoms with E-state index in [1.807, 2.05) is 0 Å². The van der Waals surface area contributed by atoms with Crippen molar-refractivity contribution in [2.75, 3.05) is 0 Å². The van der Waals surface area contributed by atoms with Crippen LogP contribution in [0.1, 0.15) is 123 Å². The molecule has 0 spiro atoms. The third-order valence-corrected chi connectivity index (χ3v) is 7.47. The molecule has 2 aliphatic rings. The van der Waals surface area contributed by atoms with Gasteiger partial charge in [0.15, 0.2) is 0 Å². The van der Waals surface area contributed by atoms with E-state index in [0.29, 0.717) is 5.92 Å². The first kappa shape index (κ1) is 20.3. The van der Waals surface area contributed by atoms with E-state index in [1.54, 1.807) is 0 Å². The van der Waals surface area contributed by atoms with Gasteiger partial charge in [0, 0.05) is 0 Å². The number of aliphatic hydroxyl groups excluding tert-OH is 1. The van der Waals surface area contributed by atoms with Crippen molar-refractivity contribution in [2.24, 2.45) is 17.3 Å². The summed E-state index contributed by atoms with van der Waals surface area (Å²) in [5.41, 5.74) is 0.145. The lowest BCUT2D eigenvalue weighted by molar-refractivity contribution is -0.0286. The number of hydrogen-bond donors (Lipinski definition) is 1. The fourth-order valence-electron chi connectivity index (χ4n) is 5.27. The maximum atomic E-state index is 11.2. The Morgan fingerprint density at radius 2 is 1.25 bits per heavy atom. The van der Waals surface area contributed by atoms with E-state index in [0.717, 1.165) is 12.3 Å². The van der Waals surface area contributed by atoms with Crippen LogP contribution < -0.4 is 0 Å². The molecule has 2 unspecified atom stereocenters. The highest BCUT2D eigenvalue weighted by Gasteiger charge is 2.36. The van der Waals surface area contributed by atoms with E-state index in [1.165, 1.54) is 103 Å². The zero-order valence-corrected chi connectivity index (χ0v) is 16.7. The Morgan fingerprint density at radius 1 is 0.792 bits per heavy atom. The van der Waals surface area contributed by atoms with Gasteiger partial charge in [-0.05, 0) is 49.4 Å². The quantitative estimate of drug-likeness (QED) is 0.541. The maximum Gasteiger partial charge on any atom is 0.0621 e. The second-order valence-electron chi connectivity index (χ2n) is 9.31. The summed E-state index contributed by atoms with van der Waals surface area (Å²) in [4.78, 5) is 0. The molecule has 0 aromatic heterocycles. The van der Waals surface area contributed by atoms with Crippen LogP contribution in [0.3, 0.4) is 0 Å². The van der Waals surface area contributed by atoms with Gasteiger partial charge in [-0.2, -0.15) is 0 Å². The highest BCUT2D eigenvalue weighted by Crippen LogP contribution is 2.41. The first-order valence-corrected chi connectivity index (χ1v) is 11.3. The Morgan fingerprint density at radius 3 is 1.75 bits per heavy atom. The highest BCUT2D eigenvalue weighted by molar-refractivity contribution is 4.87. The molecule has 0 amide bonds. The van der Waals surface area contributed by atoms with Crippen molar-refractivity contribution in [1.29, 1.82) is 0 Å². The first-order valence-electron chi connectivity index (χ1n) is 11.3. The summed E-state index contributed by atoms with van der Waals surface area (Å²) in [6.07, 6.45) is 23.2. The third kappa shape index (κ3) is 6.36. The van der Waals surface area contributed by atoms with E-state index in [9.17, 15) is 5.11 Å². The van der Waals surface area contributed by atoms with Crippen LogP contribution in [0.2, 0.25) is 0 Å². The zero-order chi connectivity index (χ0) is 17.3. The van der Waals surface area contributed by atoms with Gasteiger partial charge < -0.3 is 5.11 Å². The van der Waals surface area contributed by atoms with Crippen molar-refractivity contribution in [1.82, 2.24) is 0 Å². The molecule has 0 bridgehead atoms. The summed E-state index contributed by atoms with van der Waals surface area (Å²) < 4.78 is 0. The number of hydrogen-bond acceptors (Lipinski definition) is 1. The predicted molar refractivity (Wildman–Crippen MR) is 105 cm³/mol. The molecule has 1 nitrogen and oxygen atoms in total. The standard InChI is InChI=1S/C23H44O/c1-3-23(2,19-18-20-14-10-6-4-7-11-15-20)22(24)21-16-12-8-5-9-13-17-21/h20-22,24H,3-19H2,1-2H3. The minimum atomic E-state index is -0.0749. The van der Waals surface area contributed by atoms with Gasteiger partial charge in [-0.25, -0.2) is 0 Å². The summed E-state index contributed by atoms with van der Waals surface area (Å²) in [6.45, 7) is 4.70. The van der Waals surface area contributed by atoms with Crippen LogP contribution in [-0.4, -0.2) is 11.2 Å². The Hall–Kier alpha value is -0.0400. The smallest absolute Gasteiger partial charge is 0.0621 e. The van der Waals surface area contributed by atoms with Crippen molar-refractivity contribution in [3.8, 4) is 0 Å². The molecule has 24 heavy (non-hydrogen) atoms. The largest absolute Gasteiger partial charge is 0.392 e. The average molecular weight is 337 g/mol. The molecule has 2 rings (SSSR count). The Balaban J connectivity index is 1.87. The molecule has 0 aromatic rings. The average Bonchev–Trinajstić information content (AvgIpc) is 2.52. The lowest BCUT2D eigenvalue weighted by Crippen LogP contribution is -2.38. The minimum absolute atomic E-state index is 0.0749. The SMILES string of the molecule is CCC(C)(CCC1CCCCCCC1)C(O)C1CCCCCCC1. The van der Waals surface area contributed by atoms with Crippen molar-refractivity contribution in [3.63, 3.8) is 0 Å². The van der Waals surface area contributed by atoms with E-state index in [-0.39, 0.29) is 11.5 Å². The van der Waals surface area contributed by atoms with Gasteiger partial charge in [-0.15, -0.1) is 0 Å². The van der Waals surface area contributed by atoms with E-state index >= 15 is 0 Å². The normalized spacial score (nSPS) is 26.6. The number of aliphatic hydroxyl groups is 1. The van der Waals surface area contributed by atoms with Crippen LogP contribution in [0.25, 0.3) is 0 Å². The lowest BCUT2D eigenvalue weighted by Gasteiger charge is -2.40. The van der Waals surface area contributed by atoms with Gasteiger partial charge in [0.05, 0.1) is 6.10 Å². The Kier molecular flexibility index (Phi) is 9.16. The first-order chi connectivity index (χ1) is 11.7. The summed E-state index contributed by atoms with van der Waals surface area (Å²) in [6, 6.07) is 0. The van der Waals surface area contributed by atoms with Crippen molar-refractivity contribution in [2.45, 2.75) is 129 Å². The van der Waals surface area contributed by atoms with Crippen molar-refractivity contribution >= 4 is 0 Å². The fraction of sp³-hybridized carbons (Fsp3) is 1.00. The molecule has 0 radical (unpaired) electrons. The molecule has 1 heteroatoms. The predicted octanol–water partition coefficient (Wildman–Crippen LogP) is 7.26. The number of rotatable bonds is 6. The van der Waals surface area contributed by atoms with Crippen molar-refractivity contribution < 1.29 is 5.11 Å². The lowest BCUT2D eigenvalue weighted by atomic mass is 9.69. The molecule has 2 atom stereocenters. The molecule has 0 heterocycles. The molecular formula is C23H44O. The molecule has 0 aliphatic heterocycles. The molecule has 1 N–H and O–H groups in total. The summed E-state index contributed by atoms with van der Waals surface area (Å²) in [5, 5.41) is 11.2. The Labute approximate surface area is 152 Å². The molecule has 0 saturated heterocycles. The van der Waals surface area contributed by atoms with Crippen LogP contribution in [0, 0.1) is 17.3 Å². The third-order valence-electron chi connectivity index (χ3n) is 7.47. The van der Waals surface area contributed by atoms with Gasteiger partial charge in [0.1, 0.15) is 0 Å². The topological polar surface area (TPSA) is 20.2 Å². The van der Waals surface area contributed by atoms with E-state index in [2.05, 4.69) is 13.8 Å². The summed E-state index contributed by atoms with van der Waals surface area (Å²) in [5.74, 6) is 1.49. The van der Waals surface area contributed by atoms with E-state index in [4.69, 9.17) is 0 Å². The monoisotopic (exact) mass is 336 g/mol. The molecule has 0 aromatic carbocycles.